The second kappa shape index (κ2) is 12.9. The van der Waals surface area contributed by atoms with Crippen molar-refractivity contribution >= 4 is 0 Å². The standard InChI is InChI=1S/C20H36O16/c1-30-5-8-9(23)10(24)13(27)19(34-8)35-17-7(4-22)33-20(15(29)12(17)26)36-16-6(3-21)32-18(31-2)14(28)11(16)25/h6-29H,3-5H2,1-2H3/t6-,7-,8-,9-,10+,11-,12-,13-,14-,15-,16-,17?,18?,19-,20-/m1/s1. The van der Waals surface area contributed by atoms with E-state index >= 15 is 0 Å². The number of aliphatic hydroxyl groups is 9. The van der Waals surface area contributed by atoms with Crippen LogP contribution < -0.4 is 0 Å². The van der Waals surface area contributed by atoms with Crippen LogP contribution in [-0.2, 0) is 33.2 Å². The van der Waals surface area contributed by atoms with Crippen LogP contribution in [0.1, 0.15) is 0 Å². The van der Waals surface area contributed by atoms with Gasteiger partial charge in [0.2, 0.25) is 0 Å². The summed E-state index contributed by atoms with van der Waals surface area (Å²) in [4.78, 5) is 0. The summed E-state index contributed by atoms with van der Waals surface area (Å²) in [6, 6.07) is 0. The highest BCUT2D eigenvalue weighted by Crippen LogP contribution is 2.32. The van der Waals surface area contributed by atoms with Gasteiger partial charge < -0.3 is 79.1 Å². The van der Waals surface area contributed by atoms with Gasteiger partial charge in [0.15, 0.2) is 18.9 Å². The highest BCUT2D eigenvalue weighted by molar-refractivity contribution is 4.96. The fraction of sp³-hybridized carbons (Fsp3) is 1.00. The van der Waals surface area contributed by atoms with E-state index in [1.807, 2.05) is 0 Å². The summed E-state index contributed by atoms with van der Waals surface area (Å²) >= 11 is 0. The van der Waals surface area contributed by atoms with E-state index in [0.717, 1.165) is 0 Å². The largest absolute Gasteiger partial charge is 0.394 e. The third-order valence-electron chi connectivity index (χ3n) is 6.46. The first-order chi connectivity index (χ1) is 17.1. The quantitative estimate of drug-likeness (QED) is 0.134. The summed E-state index contributed by atoms with van der Waals surface area (Å²) in [6.07, 6.45) is -23.0. The van der Waals surface area contributed by atoms with E-state index in [1.54, 1.807) is 0 Å². The Morgan fingerprint density at radius 2 is 0.944 bits per heavy atom. The van der Waals surface area contributed by atoms with E-state index in [9.17, 15) is 46.0 Å². The Morgan fingerprint density at radius 3 is 1.39 bits per heavy atom. The van der Waals surface area contributed by atoms with Crippen LogP contribution in [0.25, 0.3) is 0 Å². The average molecular weight is 532 g/mol. The molecule has 15 atom stereocenters. The predicted octanol–water partition coefficient (Wildman–Crippen LogP) is -6.26. The highest BCUT2D eigenvalue weighted by Gasteiger charge is 2.53. The van der Waals surface area contributed by atoms with Gasteiger partial charge in [-0.15, -0.1) is 0 Å². The molecule has 3 rings (SSSR count). The van der Waals surface area contributed by atoms with Gasteiger partial charge >= 0.3 is 0 Å². The summed E-state index contributed by atoms with van der Waals surface area (Å²) < 4.78 is 37.2. The first-order valence-electron chi connectivity index (χ1n) is 11.4. The number of aliphatic hydroxyl groups excluding tert-OH is 9. The minimum Gasteiger partial charge on any atom is -0.394 e. The summed E-state index contributed by atoms with van der Waals surface area (Å²) in [5, 5.41) is 91.9. The summed E-state index contributed by atoms with van der Waals surface area (Å²) in [7, 11) is 2.54. The second-order valence-corrected chi connectivity index (χ2v) is 8.82. The fourth-order valence-corrected chi connectivity index (χ4v) is 4.39. The molecule has 3 aliphatic rings. The monoisotopic (exact) mass is 532 g/mol. The van der Waals surface area contributed by atoms with Crippen LogP contribution in [0, 0.1) is 0 Å². The average Bonchev–Trinajstić information content (AvgIpc) is 2.87. The molecule has 0 aliphatic carbocycles. The number of hydrogen-bond donors (Lipinski definition) is 9. The summed E-state index contributed by atoms with van der Waals surface area (Å²) in [6.45, 7) is -1.60. The van der Waals surface area contributed by atoms with Crippen molar-refractivity contribution in [2.45, 2.75) is 92.1 Å². The molecule has 3 heterocycles. The van der Waals surface area contributed by atoms with E-state index in [4.69, 9.17) is 33.2 Å². The molecule has 3 saturated heterocycles. The molecule has 3 fully saturated rings. The van der Waals surface area contributed by atoms with Gasteiger partial charge in [0.25, 0.3) is 0 Å². The van der Waals surface area contributed by atoms with E-state index in [-0.39, 0.29) is 6.61 Å². The normalized spacial score (nSPS) is 50.2. The molecule has 0 bridgehead atoms. The van der Waals surface area contributed by atoms with Gasteiger partial charge in [-0.3, -0.25) is 0 Å². The van der Waals surface area contributed by atoms with Crippen molar-refractivity contribution in [2.24, 2.45) is 0 Å². The lowest BCUT2D eigenvalue weighted by atomic mass is 9.96. The molecule has 0 aromatic rings. The van der Waals surface area contributed by atoms with Gasteiger partial charge in [-0.1, -0.05) is 0 Å². The topological polar surface area (TPSA) is 247 Å². The zero-order chi connectivity index (χ0) is 26.7. The Balaban J connectivity index is 1.71. The number of ether oxygens (including phenoxy) is 7. The van der Waals surface area contributed by atoms with Crippen LogP contribution in [-0.4, -0.2) is 172 Å². The third kappa shape index (κ3) is 5.99. The molecule has 2 unspecified atom stereocenters. The number of rotatable bonds is 9. The maximum absolute atomic E-state index is 10.7. The number of hydrogen-bond acceptors (Lipinski definition) is 16. The minimum absolute atomic E-state index is 0.163. The maximum atomic E-state index is 10.7. The van der Waals surface area contributed by atoms with E-state index in [1.165, 1.54) is 14.2 Å². The molecule has 3 aliphatic heterocycles. The predicted molar refractivity (Wildman–Crippen MR) is 111 cm³/mol. The zero-order valence-electron chi connectivity index (χ0n) is 19.7. The maximum Gasteiger partial charge on any atom is 0.187 e. The summed E-state index contributed by atoms with van der Waals surface area (Å²) in [5.41, 5.74) is 0. The Labute approximate surface area is 206 Å². The molecule has 0 saturated carbocycles. The Bertz CT molecular complexity index is 668. The SMILES string of the molecule is COC[C@H]1O[C@H](OC2[C@@H](CO)O[C@H](O[C@H]3[C@H](O)[C@@H](O)C(OC)O[C@@H]3CO)[C@H](O)[C@H]2O)[C@H](O)[C@@H](O)[C@@H]1O. The van der Waals surface area contributed by atoms with Gasteiger partial charge in [0, 0.05) is 14.2 Å². The third-order valence-corrected chi connectivity index (χ3v) is 6.46. The molecule has 0 amide bonds. The molecular weight excluding hydrogens is 496 g/mol. The second-order valence-electron chi connectivity index (χ2n) is 8.82. The lowest BCUT2D eigenvalue weighted by Gasteiger charge is -2.48. The van der Waals surface area contributed by atoms with Crippen molar-refractivity contribution in [1.82, 2.24) is 0 Å². The van der Waals surface area contributed by atoms with Crippen LogP contribution in [0.5, 0.6) is 0 Å². The first kappa shape index (κ1) is 29.9. The van der Waals surface area contributed by atoms with Gasteiger partial charge in [-0.2, -0.15) is 0 Å². The minimum atomic E-state index is -1.85. The highest BCUT2D eigenvalue weighted by atomic mass is 16.8. The van der Waals surface area contributed by atoms with Gasteiger partial charge in [0.1, 0.15) is 73.2 Å². The molecule has 16 heteroatoms. The molecule has 36 heavy (non-hydrogen) atoms. The Kier molecular flexibility index (Phi) is 10.8. The molecule has 0 spiro atoms. The van der Waals surface area contributed by atoms with Crippen LogP contribution in [0.3, 0.4) is 0 Å². The summed E-state index contributed by atoms with van der Waals surface area (Å²) in [5.74, 6) is 0. The van der Waals surface area contributed by atoms with Crippen molar-refractivity contribution in [3.63, 3.8) is 0 Å². The molecule has 0 aromatic carbocycles. The van der Waals surface area contributed by atoms with E-state index in [0.29, 0.717) is 0 Å². The van der Waals surface area contributed by atoms with Crippen LogP contribution in [0.15, 0.2) is 0 Å². The molecule has 0 radical (unpaired) electrons. The van der Waals surface area contributed by atoms with Crippen molar-refractivity contribution in [3.05, 3.63) is 0 Å². The fourth-order valence-electron chi connectivity index (χ4n) is 4.39. The van der Waals surface area contributed by atoms with Gasteiger partial charge in [0.05, 0.1) is 19.8 Å². The van der Waals surface area contributed by atoms with Gasteiger partial charge in [-0.05, 0) is 0 Å². The zero-order valence-corrected chi connectivity index (χ0v) is 19.7. The van der Waals surface area contributed by atoms with E-state index < -0.39 is 105 Å². The van der Waals surface area contributed by atoms with Crippen LogP contribution in [0.2, 0.25) is 0 Å². The van der Waals surface area contributed by atoms with Crippen molar-refractivity contribution in [2.75, 3.05) is 34.0 Å². The van der Waals surface area contributed by atoms with Crippen molar-refractivity contribution in [1.29, 1.82) is 0 Å². The first-order valence-corrected chi connectivity index (χ1v) is 11.4. The molecule has 9 N–H and O–H groups in total. The molecule has 212 valence electrons. The van der Waals surface area contributed by atoms with Gasteiger partial charge in [-0.25, -0.2) is 0 Å². The van der Waals surface area contributed by atoms with Crippen molar-refractivity contribution < 1.29 is 79.1 Å². The van der Waals surface area contributed by atoms with Crippen LogP contribution >= 0.6 is 0 Å². The molecule has 16 nitrogen and oxygen atoms in total. The van der Waals surface area contributed by atoms with Crippen molar-refractivity contribution in [3.8, 4) is 0 Å². The molecule has 0 aromatic heterocycles. The van der Waals surface area contributed by atoms with E-state index in [2.05, 4.69) is 0 Å². The lowest BCUT2D eigenvalue weighted by molar-refractivity contribution is -0.378. The lowest BCUT2D eigenvalue weighted by Crippen LogP contribution is -2.66. The Hall–Kier alpha value is -0.640. The van der Waals surface area contributed by atoms with Crippen LogP contribution in [0.4, 0.5) is 0 Å². The smallest absolute Gasteiger partial charge is 0.187 e. The molecular formula is C20H36O16. The Morgan fingerprint density at radius 1 is 0.528 bits per heavy atom. The number of methoxy groups -OCH3 is 2.